The molecule has 40 heavy (non-hydrogen) atoms. The molecule has 4 rings (SSSR count). The molecule has 2 aliphatic rings. The highest BCUT2D eigenvalue weighted by Gasteiger charge is 2.64. The van der Waals surface area contributed by atoms with Crippen LogP contribution in [-0.4, -0.2) is 62.3 Å². The minimum absolute atomic E-state index is 0.160. The molecule has 0 bridgehead atoms. The van der Waals surface area contributed by atoms with Crippen molar-refractivity contribution in [3.05, 3.63) is 63.4 Å². The summed E-state index contributed by atoms with van der Waals surface area (Å²) < 4.78 is 37.2. The van der Waals surface area contributed by atoms with Crippen molar-refractivity contribution in [2.45, 2.75) is 75.2 Å². The second kappa shape index (κ2) is 11.7. The molecule has 2 aromatic rings. The zero-order valence-electron chi connectivity index (χ0n) is 22.0. The van der Waals surface area contributed by atoms with Crippen LogP contribution < -0.4 is 20.9 Å². The molecule has 1 unspecified atom stereocenters. The number of terminal acetylenes is 1. The molecule has 2 heterocycles. The number of rotatable bonds is 10. The SMILES string of the molecule is C#C[C@@]1(O)[C@H](O)[C@@H](COP(=O)(N[C@@H](C)C(=O)OC2CCCC2)Oc2ccccc2)O[C@@]1(C)n1ccc(=O)[nH]c1=O. The number of nitrogens with zero attached hydrogens (tertiary/aromatic N) is 1. The van der Waals surface area contributed by atoms with E-state index in [-0.39, 0.29) is 11.9 Å². The molecule has 14 heteroatoms. The van der Waals surface area contributed by atoms with Gasteiger partial charge in [0, 0.05) is 12.3 Å². The summed E-state index contributed by atoms with van der Waals surface area (Å²) in [5, 5.41) is 24.7. The van der Waals surface area contributed by atoms with Crippen LogP contribution in [0, 0.1) is 12.3 Å². The minimum atomic E-state index is -4.35. The topological polar surface area (TPSA) is 178 Å². The average Bonchev–Trinajstić information content (AvgIpc) is 3.49. The molecule has 2 fully saturated rings. The number of carbonyl (C=O) groups excluding carboxylic acids is 1. The monoisotopic (exact) mass is 577 g/mol. The Morgan fingerprint density at radius 1 is 1.30 bits per heavy atom. The van der Waals surface area contributed by atoms with Crippen LogP contribution in [-0.2, 0) is 29.1 Å². The summed E-state index contributed by atoms with van der Waals surface area (Å²) in [5.74, 6) is 1.58. The number of hydrogen-bond acceptors (Lipinski definition) is 10. The minimum Gasteiger partial charge on any atom is -0.461 e. The number of esters is 1. The molecule has 0 amide bonds. The Morgan fingerprint density at radius 3 is 2.60 bits per heavy atom. The van der Waals surface area contributed by atoms with Gasteiger partial charge in [-0.15, -0.1) is 6.42 Å². The lowest BCUT2D eigenvalue weighted by Gasteiger charge is -2.36. The molecule has 1 aromatic carbocycles. The highest BCUT2D eigenvalue weighted by molar-refractivity contribution is 7.52. The number of aliphatic hydroxyl groups excluding tert-OH is 1. The lowest BCUT2D eigenvalue weighted by Crippen LogP contribution is -2.58. The van der Waals surface area contributed by atoms with E-state index in [2.05, 4.69) is 11.0 Å². The first-order chi connectivity index (χ1) is 18.9. The lowest BCUT2D eigenvalue weighted by atomic mass is 9.87. The van der Waals surface area contributed by atoms with E-state index in [0.717, 1.165) is 42.5 Å². The van der Waals surface area contributed by atoms with E-state index in [1.165, 1.54) is 26.0 Å². The second-order valence-corrected chi connectivity index (χ2v) is 11.6. The third-order valence-electron chi connectivity index (χ3n) is 7.04. The third kappa shape index (κ3) is 5.93. The van der Waals surface area contributed by atoms with Crippen LogP contribution in [0.4, 0.5) is 0 Å². The molecule has 1 aliphatic heterocycles. The van der Waals surface area contributed by atoms with Gasteiger partial charge in [-0.05, 0) is 51.7 Å². The van der Waals surface area contributed by atoms with Crippen molar-refractivity contribution < 1.29 is 38.1 Å². The predicted molar refractivity (Wildman–Crippen MR) is 141 cm³/mol. The highest BCUT2D eigenvalue weighted by atomic mass is 31.2. The van der Waals surface area contributed by atoms with Crippen LogP contribution >= 0.6 is 7.75 Å². The van der Waals surface area contributed by atoms with E-state index in [9.17, 15) is 29.2 Å². The first-order valence-electron chi connectivity index (χ1n) is 12.8. The largest absolute Gasteiger partial charge is 0.461 e. The molecule has 1 aromatic heterocycles. The van der Waals surface area contributed by atoms with Gasteiger partial charge in [0.15, 0.2) is 5.72 Å². The van der Waals surface area contributed by atoms with Crippen LogP contribution in [0.25, 0.3) is 0 Å². The highest BCUT2D eigenvalue weighted by Crippen LogP contribution is 2.48. The van der Waals surface area contributed by atoms with Crippen LogP contribution in [0.3, 0.4) is 0 Å². The molecule has 1 saturated carbocycles. The lowest BCUT2D eigenvalue weighted by molar-refractivity contribution is -0.161. The first kappa shape index (κ1) is 29.7. The number of ether oxygens (including phenoxy) is 2. The van der Waals surface area contributed by atoms with Gasteiger partial charge in [-0.25, -0.2) is 9.36 Å². The van der Waals surface area contributed by atoms with Crippen molar-refractivity contribution in [3.8, 4) is 18.1 Å². The predicted octanol–water partition coefficient (Wildman–Crippen LogP) is 1.00. The number of aliphatic hydroxyl groups is 2. The normalized spacial score (nSPS) is 28.9. The number of aromatic nitrogens is 2. The molecule has 13 nitrogen and oxygen atoms in total. The Kier molecular flexibility index (Phi) is 8.70. The maximum atomic E-state index is 13.9. The van der Waals surface area contributed by atoms with E-state index in [1.54, 1.807) is 18.2 Å². The van der Waals surface area contributed by atoms with Crippen LogP contribution in [0.15, 0.2) is 52.2 Å². The number of carbonyl (C=O) groups is 1. The molecule has 0 spiro atoms. The summed E-state index contributed by atoms with van der Waals surface area (Å²) in [6.45, 7) is 2.04. The standard InChI is InChI=1S/C26H32N3O10P/c1-4-26(34)22(31)20(38-25(26,3)29-15-14-21(30)27-24(29)33)16-36-40(35,39-19-12-6-5-7-13-19)28-17(2)23(32)37-18-10-8-9-11-18/h1,5-7,12-15,17-18,20,22,31,34H,8-11,16H2,2-3H3,(H,28,35)(H,27,30,33)/t17-,20+,22+,25+,26+,40?/m0/s1. The summed E-state index contributed by atoms with van der Waals surface area (Å²) >= 11 is 0. The average molecular weight is 578 g/mol. The summed E-state index contributed by atoms with van der Waals surface area (Å²) in [7, 11) is -4.35. The Balaban J connectivity index is 1.55. The number of para-hydroxylation sites is 1. The van der Waals surface area contributed by atoms with Crippen LogP contribution in [0.1, 0.15) is 39.5 Å². The maximum absolute atomic E-state index is 13.9. The Hall–Kier alpha value is -3.24. The Morgan fingerprint density at radius 2 is 1.98 bits per heavy atom. The van der Waals surface area contributed by atoms with E-state index in [1.807, 2.05) is 4.98 Å². The van der Waals surface area contributed by atoms with Gasteiger partial charge in [-0.2, -0.15) is 5.09 Å². The van der Waals surface area contributed by atoms with Gasteiger partial charge in [0.2, 0.25) is 5.60 Å². The number of hydrogen-bond donors (Lipinski definition) is 4. The molecule has 6 atom stereocenters. The Bertz CT molecular complexity index is 1420. The molecule has 1 saturated heterocycles. The zero-order valence-corrected chi connectivity index (χ0v) is 22.9. The molecule has 4 N–H and O–H groups in total. The third-order valence-corrected chi connectivity index (χ3v) is 8.68. The van der Waals surface area contributed by atoms with E-state index < -0.39 is 61.1 Å². The van der Waals surface area contributed by atoms with Crippen LogP contribution in [0.5, 0.6) is 5.75 Å². The summed E-state index contributed by atoms with van der Waals surface area (Å²) in [5.41, 5.74) is -6.18. The second-order valence-electron chi connectivity index (χ2n) is 9.87. The van der Waals surface area contributed by atoms with Crippen molar-refractivity contribution in [1.29, 1.82) is 0 Å². The van der Waals surface area contributed by atoms with E-state index in [0.29, 0.717) is 0 Å². The number of H-pyrrole nitrogens is 1. The quantitative estimate of drug-likeness (QED) is 0.180. The van der Waals surface area contributed by atoms with Crippen LogP contribution in [0.2, 0.25) is 0 Å². The fraction of sp³-hybridized carbons (Fsp3) is 0.500. The number of nitrogens with one attached hydrogen (secondary N) is 2. The van der Waals surface area contributed by atoms with Gasteiger partial charge in [-0.1, -0.05) is 24.1 Å². The number of benzene rings is 1. The van der Waals surface area contributed by atoms with Crippen molar-refractivity contribution in [2.75, 3.05) is 6.61 Å². The van der Waals surface area contributed by atoms with Crippen molar-refractivity contribution in [2.24, 2.45) is 0 Å². The van der Waals surface area contributed by atoms with Crippen molar-refractivity contribution in [3.63, 3.8) is 0 Å². The first-order valence-corrected chi connectivity index (χ1v) is 14.3. The molecule has 0 radical (unpaired) electrons. The fourth-order valence-corrected chi connectivity index (χ4v) is 6.28. The smallest absolute Gasteiger partial charge is 0.459 e. The zero-order chi connectivity index (χ0) is 29.1. The maximum Gasteiger partial charge on any atom is 0.459 e. The van der Waals surface area contributed by atoms with Gasteiger partial charge in [0.25, 0.3) is 5.56 Å². The number of aromatic amines is 1. The van der Waals surface area contributed by atoms with Crippen molar-refractivity contribution >= 4 is 13.7 Å². The molecule has 1 aliphatic carbocycles. The summed E-state index contributed by atoms with van der Waals surface area (Å²) in [6.07, 6.45) is 6.53. The van der Waals surface area contributed by atoms with Gasteiger partial charge >= 0.3 is 19.4 Å². The van der Waals surface area contributed by atoms with E-state index in [4.69, 9.17) is 24.9 Å². The Labute approximate surface area is 230 Å². The molecular formula is C26H32N3O10P. The van der Waals surface area contributed by atoms with Gasteiger partial charge in [0.1, 0.15) is 30.1 Å². The molecule has 216 valence electrons. The van der Waals surface area contributed by atoms with E-state index >= 15 is 0 Å². The molecular weight excluding hydrogens is 545 g/mol. The fourth-order valence-electron chi connectivity index (χ4n) is 4.77. The van der Waals surface area contributed by atoms with Gasteiger partial charge in [-0.3, -0.25) is 23.7 Å². The summed E-state index contributed by atoms with van der Waals surface area (Å²) in [4.78, 5) is 38.7. The van der Waals surface area contributed by atoms with Gasteiger partial charge < -0.3 is 24.2 Å². The summed E-state index contributed by atoms with van der Waals surface area (Å²) in [6, 6.07) is 7.96. The van der Waals surface area contributed by atoms with Gasteiger partial charge in [0.05, 0.1) is 6.61 Å². The van der Waals surface area contributed by atoms with Crippen molar-refractivity contribution in [1.82, 2.24) is 14.6 Å².